The minimum atomic E-state index is -0.217. The molecule has 1 heterocycles. The summed E-state index contributed by atoms with van der Waals surface area (Å²) in [5.41, 5.74) is 3.77. The number of hydrogen-bond acceptors (Lipinski definition) is 3. The molecule has 4 rings (SSSR count). The highest BCUT2D eigenvalue weighted by molar-refractivity contribution is 6.30. The lowest BCUT2D eigenvalue weighted by molar-refractivity contribution is -0.122. The van der Waals surface area contributed by atoms with Crippen molar-refractivity contribution in [2.24, 2.45) is 5.10 Å². The average Bonchev–Trinajstić information content (AvgIpc) is 3.10. The number of hydrazone groups is 1. The molecule has 1 aliphatic rings. The molecule has 0 saturated carbocycles. The van der Waals surface area contributed by atoms with Crippen molar-refractivity contribution in [3.05, 3.63) is 111 Å². The number of carbonyl (C=O) groups is 1. The van der Waals surface area contributed by atoms with Gasteiger partial charge in [-0.2, -0.15) is 10.1 Å². The van der Waals surface area contributed by atoms with Crippen LogP contribution in [-0.2, 0) is 4.79 Å². The predicted octanol–water partition coefficient (Wildman–Crippen LogP) is 6.30. The van der Waals surface area contributed by atoms with E-state index in [2.05, 4.69) is 5.10 Å². The normalized spacial score (nSPS) is 15.1. The van der Waals surface area contributed by atoms with Gasteiger partial charge in [-0.15, -0.1) is 0 Å². The monoisotopic (exact) mass is 448 g/mol. The lowest BCUT2D eigenvalue weighted by Gasteiger charge is -2.15. The summed E-state index contributed by atoms with van der Waals surface area (Å²) in [5, 5.41) is 7.15. The van der Waals surface area contributed by atoms with Gasteiger partial charge in [0.1, 0.15) is 5.75 Å². The molecule has 0 bridgehead atoms. The van der Waals surface area contributed by atoms with Crippen molar-refractivity contribution in [3.63, 3.8) is 0 Å². The predicted molar refractivity (Wildman–Crippen MR) is 126 cm³/mol. The van der Waals surface area contributed by atoms with E-state index in [0.29, 0.717) is 21.3 Å². The van der Waals surface area contributed by atoms with E-state index in [1.54, 1.807) is 37.6 Å². The van der Waals surface area contributed by atoms with Crippen LogP contribution in [0, 0.1) is 0 Å². The summed E-state index contributed by atoms with van der Waals surface area (Å²) in [6.45, 7) is 0. The Morgan fingerprint density at radius 2 is 1.42 bits per heavy atom. The Morgan fingerprint density at radius 1 is 0.839 bits per heavy atom. The molecule has 0 radical (unpaired) electrons. The molecule has 0 fully saturated rings. The average molecular weight is 449 g/mol. The molecule has 0 aliphatic carbocycles. The van der Waals surface area contributed by atoms with Gasteiger partial charge in [0.25, 0.3) is 5.91 Å². The van der Waals surface area contributed by atoms with Gasteiger partial charge in [-0.3, -0.25) is 4.79 Å². The van der Waals surface area contributed by atoms with Crippen LogP contribution in [0.25, 0.3) is 11.8 Å². The van der Waals surface area contributed by atoms with E-state index < -0.39 is 0 Å². The molecule has 3 aromatic rings. The second kappa shape index (κ2) is 9.21. The molecule has 1 amide bonds. The second-order valence-corrected chi connectivity index (χ2v) is 7.70. The van der Waals surface area contributed by atoms with Gasteiger partial charge >= 0.3 is 0 Å². The van der Waals surface area contributed by atoms with Gasteiger partial charge in [-0.25, -0.2) is 0 Å². The van der Waals surface area contributed by atoms with Gasteiger partial charge < -0.3 is 4.74 Å². The van der Waals surface area contributed by atoms with Gasteiger partial charge in [0.2, 0.25) is 0 Å². The Morgan fingerprint density at radius 3 is 2.00 bits per heavy atom. The highest BCUT2D eigenvalue weighted by Gasteiger charge is 2.29. The minimum absolute atomic E-state index is 0.217. The maximum atomic E-state index is 13.2. The number of methoxy groups -OCH3 is 1. The maximum absolute atomic E-state index is 13.2. The second-order valence-electron chi connectivity index (χ2n) is 6.82. The van der Waals surface area contributed by atoms with Crippen LogP contribution in [0.15, 0.2) is 89.5 Å². The maximum Gasteiger partial charge on any atom is 0.278 e. The molecule has 154 valence electrons. The summed E-state index contributed by atoms with van der Waals surface area (Å²) in [7, 11) is 1.61. The van der Waals surface area contributed by atoms with Crippen molar-refractivity contribution in [3.8, 4) is 5.75 Å². The smallest absolute Gasteiger partial charge is 0.278 e. The van der Waals surface area contributed by atoms with Crippen molar-refractivity contribution in [1.82, 2.24) is 5.01 Å². The van der Waals surface area contributed by atoms with Gasteiger partial charge in [0.05, 0.1) is 19.0 Å². The van der Waals surface area contributed by atoms with E-state index in [1.807, 2.05) is 60.7 Å². The summed E-state index contributed by atoms with van der Waals surface area (Å²) in [5.74, 6) is 0.521. The molecule has 31 heavy (non-hydrogen) atoms. The fourth-order valence-corrected chi connectivity index (χ4v) is 3.35. The number of amides is 1. The number of hydrogen-bond donors (Lipinski definition) is 0. The number of ether oxygens (including phenoxy) is 1. The van der Waals surface area contributed by atoms with Crippen LogP contribution in [0.1, 0.15) is 16.7 Å². The van der Waals surface area contributed by atoms with Crippen LogP contribution >= 0.6 is 23.2 Å². The molecular formula is C25H18Cl2N2O2. The SMILES string of the molecule is COc1ccc(C2=C/C(=C\c3ccc(Cl)cc3)C(=O)N2/N=C/c2ccc(Cl)cc2)cc1. The molecule has 0 spiro atoms. The first-order valence-corrected chi connectivity index (χ1v) is 10.3. The van der Waals surface area contributed by atoms with Crippen LogP contribution in [0.5, 0.6) is 5.75 Å². The first-order chi connectivity index (χ1) is 15.0. The third-order valence-electron chi connectivity index (χ3n) is 4.73. The van der Waals surface area contributed by atoms with Crippen LogP contribution in [0.3, 0.4) is 0 Å². The molecule has 0 N–H and O–H groups in total. The Labute approximate surface area is 190 Å². The van der Waals surface area contributed by atoms with Gasteiger partial charge in [0, 0.05) is 21.2 Å². The standard InChI is InChI=1S/C25H18Cl2N2O2/c1-31-23-12-6-19(7-13-23)24-15-20(14-17-2-8-21(26)9-3-17)25(30)29(24)28-16-18-4-10-22(27)11-5-18/h2-16H,1H3/b20-14+,28-16+. The van der Waals surface area contributed by atoms with Gasteiger partial charge in [0.15, 0.2) is 0 Å². The molecule has 1 aliphatic heterocycles. The fourth-order valence-electron chi connectivity index (χ4n) is 3.10. The number of carbonyl (C=O) groups excluding carboxylic acids is 1. The van der Waals surface area contributed by atoms with E-state index >= 15 is 0 Å². The van der Waals surface area contributed by atoms with Gasteiger partial charge in [-0.05, 0) is 71.8 Å². The van der Waals surface area contributed by atoms with Crippen LogP contribution in [-0.4, -0.2) is 24.2 Å². The topological polar surface area (TPSA) is 41.9 Å². The Bertz CT molecular complexity index is 1180. The Hall–Kier alpha value is -3.34. The zero-order valence-electron chi connectivity index (χ0n) is 16.6. The summed E-state index contributed by atoms with van der Waals surface area (Å²) < 4.78 is 5.24. The van der Waals surface area contributed by atoms with Crippen LogP contribution in [0.2, 0.25) is 10.0 Å². The largest absolute Gasteiger partial charge is 0.497 e. The minimum Gasteiger partial charge on any atom is -0.497 e. The molecule has 3 aromatic carbocycles. The summed E-state index contributed by atoms with van der Waals surface area (Å²) in [6, 6.07) is 22.0. The summed E-state index contributed by atoms with van der Waals surface area (Å²) in [4.78, 5) is 13.2. The highest BCUT2D eigenvalue weighted by Crippen LogP contribution is 2.32. The number of halogens is 2. The van der Waals surface area contributed by atoms with Crippen molar-refractivity contribution >= 4 is 47.1 Å². The third kappa shape index (κ3) is 4.88. The van der Waals surface area contributed by atoms with E-state index in [0.717, 1.165) is 22.4 Å². The lowest BCUT2D eigenvalue weighted by Crippen LogP contribution is -2.20. The van der Waals surface area contributed by atoms with Crippen molar-refractivity contribution in [1.29, 1.82) is 0 Å². The molecule has 4 nitrogen and oxygen atoms in total. The van der Waals surface area contributed by atoms with E-state index in [1.165, 1.54) is 5.01 Å². The first-order valence-electron chi connectivity index (χ1n) is 9.51. The number of benzene rings is 3. The quantitative estimate of drug-likeness (QED) is 0.339. The number of rotatable bonds is 5. The van der Waals surface area contributed by atoms with E-state index in [4.69, 9.17) is 27.9 Å². The summed E-state index contributed by atoms with van der Waals surface area (Å²) in [6.07, 6.45) is 5.29. The van der Waals surface area contributed by atoms with Gasteiger partial charge in [-0.1, -0.05) is 47.5 Å². The van der Waals surface area contributed by atoms with E-state index in [9.17, 15) is 4.79 Å². The van der Waals surface area contributed by atoms with Crippen molar-refractivity contribution in [2.45, 2.75) is 0 Å². The molecule has 0 atom stereocenters. The molecule has 6 heteroatoms. The fraction of sp³-hybridized carbons (Fsp3) is 0.0400. The highest BCUT2D eigenvalue weighted by atomic mass is 35.5. The zero-order valence-corrected chi connectivity index (χ0v) is 18.1. The van der Waals surface area contributed by atoms with Crippen molar-refractivity contribution in [2.75, 3.05) is 7.11 Å². The first kappa shape index (κ1) is 20.9. The molecule has 0 unspecified atom stereocenters. The number of nitrogens with zero attached hydrogens (tertiary/aromatic N) is 2. The summed E-state index contributed by atoms with van der Waals surface area (Å²) >= 11 is 11.9. The van der Waals surface area contributed by atoms with E-state index in [-0.39, 0.29) is 5.91 Å². The van der Waals surface area contributed by atoms with Crippen molar-refractivity contribution < 1.29 is 9.53 Å². The van der Waals surface area contributed by atoms with Crippen LogP contribution in [0.4, 0.5) is 0 Å². The molecule has 0 saturated heterocycles. The Balaban J connectivity index is 1.71. The Kier molecular flexibility index (Phi) is 6.21. The molecule has 0 aromatic heterocycles. The lowest BCUT2D eigenvalue weighted by atomic mass is 10.1. The molecular weight excluding hydrogens is 431 g/mol. The van der Waals surface area contributed by atoms with Crippen LogP contribution < -0.4 is 4.74 Å². The zero-order chi connectivity index (χ0) is 21.8. The third-order valence-corrected chi connectivity index (χ3v) is 5.23.